The van der Waals surface area contributed by atoms with Crippen molar-refractivity contribution in [2.24, 2.45) is 11.8 Å². The first-order chi connectivity index (χ1) is 8.67. The third-order valence-electron chi connectivity index (χ3n) is 3.92. The van der Waals surface area contributed by atoms with Crippen molar-refractivity contribution >= 4 is 17.4 Å². The van der Waals surface area contributed by atoms with Crippen LogP contribution in [0.4, 0.5) is 5.82 Å². The number of hydrogen-bond donors (Lipinski definition) is 0. The largest absolute Gasteiger partial charge is 0.355 e. The summed E-state index contributed by atoms with van der Waals surface area (Å²) in [4.78, 5) is 8.98. The number of nitriles is 1. The summed E-state index contributed by atoms with van der Waals surface area (Å²) in [6, 6.07) is 3.76. The Morgan fingerprint density at radius 3 is 2.56 bits per heavy atom. The molecule has 0 aromatic carbocycles. The first-order valence-electron chi connectivity index (χ1n) is 6.16. The zero-order chi connectivity index (χ0) is 12.7. The van der Waals surface area contributed by atoms with Crippen LogP contribution in [-0.2, 0) is 0 Å². The van der Waals surface area contributed by atoms with Crippen LogP contribution in [0.3, 0.4) is 0 Å². The Bertz CT molecular complexity index is 496. The van der Waals surface area contributed by atoms with Crippen LogP contribution in [0.2, 0.25) is 5.02 Å². The third-order valence-corrected chi connectivity index (χ3v) is 4.20. The van der Waals surface area contributed by atoms with Gasteiger partial charge in [-0.1, -0.05) is 11.6 Å². The maximum absolute atomic E-state index is 8.81. The molecule has 4 nitrogen and oxygen atoms in total. The van der Waals surface area contributed by atoms with E-state index in [1.165, 1.54) is 0 Å². The molecule has 3 heterocycles. The van der Waals surface area contributed by atoms with Gasteiger partial charge in [0.1, 0.15) is 11.9 Å². The van der Waals surface area contributed by atoms with E-state index in [0.717, 1.165) is 43.8 Å². The standard InChI is InChI=1S/C13H15ClN4/c1-17-5-10-7-18(8-11(10)6-17)13-12(14)2-9(3-15)4-16-13/h2,4,10-11H,5-8H2,1H3. The lowest BCUT2D eigenvalue weighted by Crippen LogP contribution is -2.27. The Labute approximate surface area is 112 Å². The van der Waals surface area contributed by atoms with E-state index >= 15 is 0 Å². The van der Waals surface area contributed by atoms with Crippen molar-refractivity contribution in [1.82, 2.24) is 9.88 Å². The van der Waals surface area contributed by atoms with Crippen molar-refractivity contribution in [3.63, 3.8) is 0 Å². The monoisotopic (exact) mass is 262 g/mol. The predicted molar refractivity (Wildman–Crippen MR) is 70.7 cm³/mol. The van der Waals surface area contributed by atoms with Crippen LogP contribution >= 0.6 is 11.6 Å². The van der Waals surface area contributed by atoms with Crippen molar-refractivity contribution in [2.45, 2.75) is 0 Å². The molecule has 0 saturated carbocycles. The minimum atomic E-state index is 0.517. The summed E-state index contributed by atoms with van der Waals surface area (Å²) in [5, 5.41) is 9.40. The van der Waals surface area contributed by atoms with Crippen LogP contribution in [0.1, 0.15) is 5.56 Å². The molecule has 1 aromatic heterocycles. The minimum absolute atomic E-state index is 0.517. The predicted octanol–water partition coefficient (Wildman–Crippen LogP) is 1.60. The number of aromatic nitrogens is 1. The van der Waals surface area contributed by atoms with Gasteiger partial charge in [-0.15, -0.1) is 0 Å². The quantitative estimate of drug-likeness (QED) is 0.771. The minimum Gasteiger partial charge on any atom is -0.355 e. The summed E-state index contributed by atoms with van der Waals surface area (Å²) in [7, 11) is 2.18. The number of rotatable bonds is 1. The van der Waals surface area contributed by atoms with E-state index in [9.17, 15) is 0 Å². The fourth-order valence-electron chi connectivity index (χ4n) is 3.13. The number of nitrogens with zero attached hydrogens (tertiary/aromatic N) is 4. The van der Waals surface area contributed by atoms with Crippen LogP contribution in [-0.4, -0.2) is 43.1 Å². The van der Waals surface area contributed by atoms with Crippen LogP contribution in [0.15, 0.2) is 12.3 Å². The van der Waals surface area contributed by atoms with E-state index in [-0.39, 0.29) is 0 Å². The molecule has 2 fully saturated rings. The molecular weight excluding hydrogens is 248 g/mol. The Hall–Kier alpha value is -1.31. The fraction of sp³-hybridized carbons (Fsp3) is 0.538. The van der Waals surface area contributed by atoms with Crippen LogP contribution in [0.5, 0.6) is 0 Å². The van der Waals surface area contributed by atoms with E-state index < -0.39 is 0 Å². The van der Waals surface area contributed by atoms with Crippen molar-refractivity contribution in [1.29, 1.82) is 5.26 Å². The van der Waals surface area contributed by atoms with Gasteiger partial charge >= 0.3 is 0 Å². The fourth-order valence-corrected chi connectivity index (χ4v) is 3.41. The molecule has 0 amide bonds. The molecular formula is C13H15ClN4. The molecule has 2 unspecified atom stereocenters. The summed E-state index contributed by atoms with van der Waals surface area (Å²) < 4.78 is 0. The zero-order valence-electron chi connectivity index (χ0n) is 10.3. The van der Waals surface area contributed by atoms with Gasteiger partial charge in [-0.05, 0) is 24.9 Å². The molecule has 3 rings (SSSR count). The maximum atomic E-state index is 8.81. The molecule has 2 aliphatic rings. The molecule has 0 bridgehead atoms. The lowest BCUT2D eigenvalue weighted by molar-refractivity contribution is 0.387. The molecule has 0 N–H and O–H groups in total. The van der Waals surface area contributed by atoms with Gasteiger partial charge in [0.2, 0.25) is 0 Å². The highest BCUT2D eigenvalue weighted by Gasteiger charge is 2.39. The number of likely N-dealkylation sites (tertiary alicyclic amines) is 1. The van der Waals surface area contributed by atoms with Gasteiger partial charge in [0.25, 0.3) is 0 Å². The second-order valence-corrected chi connectivity index (χ2v) is 5.69. The van der Waals surface area contributed by atoms with Gasteiger partial charge in [0.15, 0.2) is 0 Å². The summed E-state index contributed by atoms with van der Waals surface area (Å²) in [6.07, 6.45) is 1.60. The number of hydrogen-bond acceptors (Lipinski definition) is 4. The van der Waals surface area contributed by atoms with Crippen molar-refractivity contribution in [3.05, 3.63) is 22.8 Å². The molecule has 18 heavy (non-hydrogen) atoms. The average Bonchev–Trinajstić information content (AvgIpc) is 2.85. The topological polar surface area (TPSA) is 43.2 Å². The summed E-state index contributed by atoms with van der Waals surface area (Å²) >= 11 is 6.21. The van der Waals surface area contributed by atoms with Crippen LogP contribution in [0.25, 0.3) is 0 Å². The average molecular weight is 263 g/mol. The first kappa shape index (κ1) is 11.8. The molecule has 1 aromatic rings. The van der Waals surface area contributed by atoms with Gasteiger partial charge in [0.05, 0.1) is 10.6 Å². The first-order valence-corrected chi connectivity index (χ1v) is 6.54. The van der Waals surface area contributed by atoms with Crippen molar-refractivity contribution in [3.8, 4) is 6.07 Å². The molecule has 2 saturated heterocycles. The van der Waals surface area contributed by atoms with Gasteiger partial charge in [0, 0.05) is 32.4 Å². The lowest BCUT2D eigenvalue weighted by Gasteiger charge is -2.21. The van der Waals surface area contributed by atoms with Gasteiger partial charge in [-0.25, -0.2) is 4.98 Å². The lowest BCUT2D eigenvalue weighted by atomic mass is 10.0. The van der Waals surface area contributed by atoms with Gasteiger partial charge in [-0.2, -0.15) is 5.26 Å². The second kappa shape index (κ2) is 4.42. The van der Waals surface area contributed by atoms with E-state index in [1.54, 1.807) is 12.3 Å². The van der Waals surface area contributed by atoms with Crippen LogP contribution in [0, 0.1) is 23.2 Å². The molecule has 0 radical (unpaired) electrons. The van der Waals surface area contributed by atoms with Crippen LogP contribution < -0.4 is 4.90 Å². The van der Waals surface area contributed by atoms with Gasteiger partial charge in [-0.3, -0.25) is 0 Å². The smallest absolute Gasteiger partial charge is 0.147 e. The Morgan fingerprint density at radius 2 is 2.00 bits per heavy atom. The Kier molecular flexibility index (Phi) is 2.89. The normalized spacial score (nSPS) is 27.3. The van der Waals surface area contributed by atoms with E-state index in [4.69, 9.17) is 16.9 Å². The highest BCUT2D eigenvalue weighted by atomic mass is 35.5. The van der Waals surface area contributed by atoms with E-state index in [2.05, 4.69) is 27.9 Å². The number of pyridine rings is 1. The highest BCUT2D eigenvalue weighted by Crippen LogP contribution is 2.35. The van der Waals surface area contributed by atoms with Crippen molar-refractivity contribution in [2.75, 3.05) is 38.1 Å². The maximum Gasteiger partial charge on any atom is 0.147 e. The molecule has 5 heteroatoms. The molecule has 0 aliphatic carbocycles. The highest BCUT2D eigenvalue weighted by molar-refractivity contribution is 6.33. The second-order valence-electron chi connectivity index (χ2n) is 5.29. The Balaban J connectivity index is 1.80. The van der Waals surface area contributed by atoms with Gasteiger partial charge < -0.3 is 9.80 Å². The molecule has 94 valence electrons. The zero-order valence-corrected chi connectivity index (χ0v) is 11.1. The summed E-state index contributed by atoms with van der Waals surface area (Å²) in [5.74, 6) is 2.28. The number of halogens is 1. The Morgan fingerprint density at radius 1 is 1.33 bits per heavy atom. The van der Waals surface area contributed by atoms with E-state index in [1.807, 2.05) is 0 Å². The van der Waals surface area contributed by atoms with E-state index in [0.29, 0.717) is 10.6 Å². The number of fused-ring (bicyclic) bond motifs is 1. The molecule has 2 atom stereocenters. The SMILES string of the molecule is CN1CC2CN(c3ncc(C#N)cc3Cl)CC2C1. The molecule has 0 spiro atoms. The summed E-state index contributed by atoms with van der Waals surface area (Å²) in [5.41, 5.74) is 0.517. The van der Waals surface area contributed by atoms with Crippen molar-refractivity contribution < 1.29 is 0 Å². The number of anilines is 1. The summed E-state index contributed by atoms with van der Waals surface area (Å²) in [6.45, 7) is 4.37. The molecule has 2 aliphatic heterocycles. The third kappa shape index (κ3) is 1.94.